The SMILES string of the molecule is CNC(=O)c1ccc(I)c(OC)c1. The molecular weight excluding hydrogens is 281 g/mol. The predicted molar refractivity (Wildman–Crippen MR) is 59.1 cm³/mol. The molecule has 0 unspecified atom stereocenters. The molecule has 0 bridgehead atoms. The third-order valence-electron chi connectivity index (χ3n) is 1.64. The lowest BCUT2D eigenvalue weighted by molar-refractivity contribution is 0.0962. The summed E-state index contributed by atoms with van der Waals surface area (Å²) in [7, 11) is 3.19. The molecule has 4 heteroatoms. The largest absolute Gasteiger partial charge is 0.496 e. The second kappa shape index (κ2) is 4.45. The van der Waals surface area contributed by atoms with E-state index in [0.29, 0.717) is 5.56 Å². The van der Waals surface area contributed by atoms with Gasteiger partial charge in [-0.05, 0) is 40.8 Å². The summed E-state index contributed by atoms with van der Waals surface area (Å²) in [5.41, 5.74) is 0.611. The highest BCUT2D eigenvalue weighted by Gasteiger charge is 2.06. The Labute approximate surface area is 90.6 Å². The molecule has 70 valence electrons. The van der Waals surface area contributed by atoms with Crippen LogP contribution < -0.4 is 10.1 Å². The number of hydrogen-bond donors (Lipinski definition) is 1. The van der Waals surface area contributed by atoms with E-state index < -0.39 is 0 Å². The van der Waals surface area contributed by atoms with E-state index in [1.165, 1.54) is 0 Å². The Hall–Kier alpha value is -0.780. The maximum Gasteiger partial charge on any atom is 0.251 e. The fourth-order valence-corrected chi connectivity index (χ4v) is 1.50. The summed E-state index contributed by atoms with van der Waals surface area (Å²) in [5, 5.41) is 2.56. The highest BCUT2D eigenvalue weighted by Crippen LogP contribution is 2.21. The van der Waals surface area contributed by atoms with E-state index in [4.69, 9.17) is 4.74 Å². The minimum atomic E-state index is -0.102. The van der Waals surface area contributed by atoms with Crippen LogP contribution in [0.4, 0.5) is 0 Å². The molecule has 0 aliphatic carbocycles. The van der Waals surface area contributed by atoms with Gasteiger partial charge in [-0.1, -0.05) is 0 Å². The van der Waals surface area contributed by atoms with Gasteiger partial charge in [0.2, 0.25) is 0 Å². The number of carbonyl (C=O) groups excluding carboxylic acids is 1. The van der Waals surface area contributed by atoms with Crippen LogP contribution in [0.2, 0.25) is 0 Å². The molecule has 1 N–H and O–H groups in total. The van der Waals surface area contributed by atoms with Gasteiger partial charge in [-0.2, -0.15) is 0 Å². The Morgan fingerprint density at radius 1 is 1.54 bits per heavy atom. The molecule has 0 aromatic heterocycles. The van der Waals surface area contributed by atoms with Crippen molar-refractivity contribution in [1.82, 2.24) is 5.32 Å². The Bertz CT molecular complexity index is 325. The molecule has 0 saturated carbocycles. The number of halogens is 1. The molecule has 13 heavy (non-hydrogen) atoms. The Morgan fingerprint density at radius 3 is 2.77 bits per heavy atom. The van der Waals surface area contributed by atoms with Crippen molar-refractivity contribution in [3.05, 3.63) is 27.3 Å². The first kappa shape index (κ1) is 10.3. The zero-order valence-electron chi connectivity index (χ0n) is 7.43. The van der Waals surface area contributed by atoms with Crippen molar-refractivity contribution >= 4 is 28.5 Å². The second-order valence-electron chi connectivity index (χ2n) is 2.43. The molecule has 1 rings (SSSR count). The van der Waals surface area contributed by atoms with E-state index in [1.807, 2.05) is 6.07 Å². The predicted octanol–water partition coefficient (Wildman–Crippen LogP) is 1.66. The summed E-state index contributed by atoms with van der Waals surface area (Å²) in [4.78, 5) is 11.2. The Balaban J connectivity index is 3.06. The molecular formula is C9H10INO2. The zero-order valence-corrected chi connectivity index (χ0v) is 9.58. The van der Waals surface area contributed by atoms with Crippen LogP contribution >= 0.6 is 22.6 Å². The maximum absolute atomic E-state index is 11.2. The van der Waals surface area contributed by atoms with Crippen LogP contribution in [0.3, 0.4) is 0 Å². The van der Waals surface area contributed by atoms with Gasteiger partial charge < -0.3 is 10.1 Å². The third kappa shape index (κ3) is 2.33. The summed E-state index contributed by atoms with van der Waals surface area (Å²) in [6, 6.07) is 5.34. The lowest BCUT2D eigenvalue weighted by atomic mass is 10.2. The fraction of sp³-hybridized carbons (Fsp3) is 0.222. The first-order valence-corrected chi connectivity index (χ1v) is 4.82. The quantitative estimate of drug-likeness (QED) is 0.842. The van der Waals surface area contributed by atoms with Gasteiger partial charge in [-0.25, -0.2) is 0 Å². The summed E-state index contributed by atoms with van der Waals surface area (Å²) in [6.07, 6.45) is 0. The van der Waals surface area contributed by atoms with Crippen LogP contribution in [0.25, 0.3) is 0 Å². The summed E-state index contributed by atoms with van der Waals surface area (Å²) < 4.78 is 6.09. The van der Waals surface area contributed by atoms with Crippen molar-refractivity contribution in [3.8, 4) is 5.75 Å². The van der Waals surface area contributed by atoms with Gasteiger partial charge in [0.15, 0.2) is 0 Å². The number of benzene rings is 1. The van der Waals surface area contributed by atoms with Crippen LogP contribution in [0.1, 0.15) is 10.4 Å². The van der Waals surface area contributed by atoms with Gasteiger partial charge in [0.1, 0.15) is 5.75 Å². The van der Waals surface area contributed by atoms with Crippen molar-refractivity contribution < 1.29 is 9.53 Å². The molecule has 0 spiro atoms. The first-order chi connectivity index (χ1) is 6.19. The average molecular weight is 291 g/mol. The molecule has 0 radical (unpaired) electrons. The number of methoxy groups -OCH3 is 1. The number of ether oxygens (including phenoxy) is 1. The normalized spacial score (nSPS) is 9.46. The van der Waals surface area contributed by atoms with Gasteiger partial charge in [0.05, 0.1) is 10.7 Å². The topological polar surface area (TPSA) is 38.3 Å². The van der Waals surface area contributed by atoms with Crippen molar-refractivity contribution in [2.24, 2.45) is 0 Å². The summed E-state index contributed by atoms with van der Waals surface area (Å²) in [5.74, 6) is 0.622. The van der Waals surface area contributed by atoms with E-state index in [1.54, 1.807) is 26.3 Å². The minimum Gasteiger partial charge on any atom is -0.496 e. The monoisotopic (exact) mass is 291 g/mol. The molecule has 0 saturated heterocycles. The van der Waals surface area contributed by atoms with Crippen LogP contribution in [-0.2, 0) is 0 Å². The van der Waals surface area contributed by atoms with Gasteiger partial charge in [-0.15, -0.1) is 0 Å². The highest BCUT2D eigenvalue weighted by atomic mass is 127. The molecule has 0 heterocycles. The molecule has 0 fully saturated rings. The number of hydrogen-bond acceptors (Lipinski definition) is 2. The van der Waals surface area contributed by atoms with E-state index in [-0.39, 0.29) is 5.91 Å². The lowest BCUT2D eigenvalue weighted by Crippen LogP contribution is -2.17. The van der Waals surface area contributed by atoms with E-state index >= 15 is 0 Å². The zero-order chi connectivity index (χ0) is 9.84. The van der Waals surface area contributed by atoms with Crippen LogP contribution in [-0.4, -0.2) is 20.1 Å². The summed E-state index contributed by atoms with van der Waals surface area (Å²) >= 11 is 2.16. The van der Waals surface area contributed by atoms with Crippen LogP contribution in [0.5, 0.6) is 5.75 Å². The number of rotatable bonds is 2. The van der Waals surface area contributed by atoms with E-state index in [2.05, 4.69) is 27.9 Å². The standard InChI is InChI=1S/C9H10INO2/c1-11-9(12)6-3-4-7(10)8(5-6)13-2/h3-5H,1-2H3,(H,11,12). The first-order valence-electron chi connectivity index (χ1n) is 3.74. The van der Waals surface area contributed by atoms with Crippen LogP contribution in [0, 0.1) is 3.57 Å². The maximum atomic E-state index is 11.2. The van der Waals surface area contributed by atoms with Gasteiger partial charge in [0, 0.05) is 12.6 Å². The fourth-order valence-electron chi connectivity index (χ4n) is 0.945. The Kier molecular flexibility index (Phi) is 3.53. The highest BCUT2D eigenvalue weighted by molar-refractivity contribution is 14.1. The molecule has 3 nitrogen and oxygen atoms in total. The number of amides is 1. The second-order valence-corrected chi connectivity index (χ2v) is 3.59. The van der Waals surface area contributed by atoms with E-state index in [0.717, 1.165) is 9.32 Å². The average Bonchev–Trinajstić information content (AvgIpc) is 2.17. The third-order valence-corrected chi connectivity index (χ3v) is 2.53. The van der Waals surface area contributed by atoms with Crippen molar-refractivity contribution in [3.63, 3.8) is 0 Å². The molecule has 0 aliphatic rings. The van der Waals surface area contributed by atoms with Crippen molar-refractivity contribution in [2.45, 2.75) is 0 Å². The van der Waals surface area contributed by atoms with Gasteiger partial charge >= 0.3 is 0 Å². The number of nitrogens with one attached hydrogen (secondary N) is 1. The smallest absolute Gasteiger partial charge is 0.251 e. The lowest BCUT2D eigenvalue weighted by Gasteiger charge is -2.05. The van der Waals surface area contributed by atoms with Gasteiger partial charge in [-0.3, -0.25) is 4.79 Å². The summed E-state index contributed by atoms with van der Waals surface area (Å²) in [6.45, 7) is 0. The number of carbonyl (C=O) groups is 1. The van der Waals surface area contributed by atoms with E-state index in [9.17, 15) is 4.79 Å². The molecule has 0 atom stereocenters. The van der Waals surface area contributed by atoms with Crippen molar-refractivity contribution in [2.75, 3.05) is 14.2 Å². The molecule has 1 aromatic carbocycles. The van der Waals surface area contributed by atoms with Crippen molar-refractivity contribution in [1.29, 1.82) is 0 Å². The minimum absolute atomic E-state index is 0.102. The Morgan fingerprint density at radius 2 is 2.23 bits per heavy atom. The molecule has 1 aromatic rings. The molecule has 1 amide bonds. The van der Waals surface area contributed by atoms with Crippen LogP contribution in [0.15, 0.2) is 18.2 Å². The molecule has 0 aliphatic heterocycles. The van der Waals surface area contributed by atoms with Gasteiger partial charge in [0.25, 0.3) is 5.91 Å².